The Balaban J connectivity index is 2.81. The molecule has 0 amide bonds. The molecule has 0 saturated carbocycles. The van der Waals surface area contributed by atoms with Crippen LogP contribution in [0.1, 0.15) is 19.4 Å². The van der Waals surface area contributed by atoms with E-state index in [0.29, 0.717) is 24.8 Å². The van der Waals surface area contributed by atoms with Gasteiger partial charge in [0.25, 0.3) is 0 Å². The SMILES string of the molecule is C#CCOC[C@@H](O)CN(Cc1cccc(OC)c1OC)CC(C)C. The smallest absolute Gasteiger partial charge is 0.165 e. The predicted octanol–water partition coefficient (Wildman–Crippen LogP) is 2.17. The minimum atomic E-state index is -0.589. The molecule has 1 aromatic carbocycles. The summed E-state index contributed by atoms with van der Waals surface area (Å²) in [4.78, 5) is 2.19. The number of nitrogens with zero attached hydrogens (tertiary/aromatic N) is 1. The molecule has 1 N–H and O–H groups in total. The summed E-state index contributed by atoms with van der Waals surface area (Å²) in [5, 5.41) is 10.2. The monoisotopic (exact) mass is 335 g/mol. The van der Waals surface area contributed by atoms with E-state index in [1.807, 2.05) is 18.2 Å². The van der Waals surface area contributed by atoms with Gasteiger partial charge in [-0.05, 0) is 12.0 Å². The van der Waals surface area contributed by atoms with E-state index in [1.54, 1.807) is 14.2 Å². The summed E-state index contributed by atoms with van der Waals surface area (Å²) in [5.74, 6) is 4.31. The molecule has 0 aliphatic carbocycles. The van der Waals surface area contributed by atoms with Crippen LogP contribution in [0.5, 0.6) is 11.5 Å². The van der Waals surface area contributed by atoms with E-state index in [9.17, 15) is 5.11 Å². The third kappa shape index (κ3) is 6.79. The van der Waals surface area contributed by atoms with E-state index < -0.39 is 6.10 Å². The maximum absolute atomic E-state index is 10.2. The van der Waals surface area contributed by atoms with E-state index in [2.05, 4.69) is 24.7 Å². The van der Waals surface area contributed by atoms with Crippen molar-refractivity contribution in [2.24, 2.45) is 5.92 Å². The number of ether oxygens (including phenoxy) is 3. The molecule has 1 rings (SSSR count). The lowest BCUT2D eigenvalue weighted by Gasteiger charge is -2.27. The number of hydrogen-bond donors (Lipinski definition) is 1. The van der Waals surface area contributed by atoms with Crippen LogP contribution in [0.15, 0.2) is 18.2 Å². The van der Waals surface area contributed by atoms with E-state index >= 15 is 0 Å². The Hall–Kier alpha value is -1.74. The molecule has 0 bridgehead atoms. The molecule has 0 aromatic heterocycles. The molecule has 0 heterocycles. The van der Waals surface area contributed by atoms with Crippen molar-refractivity contribution in [1.82, 2.24) is 4.90 Å². The summed E-state index contributed by atoms with van der Waals surface area (Å²) >= 11 is 0. The first-order valence-corrected chi connectivity index (χ1v) is 8.13. The van der Waals surface area contributed by atoms with Gasteiger partial charge in [0, 0.05) is 25.2 Å². The summed E-state index contributed by atoms with van der Waals surface area (Å²) in [6.07, 6.45) is 4.56. The molecule has 5 nitrogen and oxygen atoms in total. The van der Waals surface area contributed by atoms with Crippen LogP contribution in [0.2, 0.25) is 0 Å². The zero-order chi connectivity index (χ0) is 17.9. The molecular formula is C19H29NO4. The van der Waals surface area contributed by atoms with Crippen LogP contribution in [0, 0.1) is 18.3 Å². The molecule has 1 aromatic rings. The Kier molecular flexibility index (Phi) is 9.24. The number of para-hydroxylation sites is 1. The van der Waals surface area contributed by atoms with Crippen LogP contribution < -0.4 is 9.47 Å². The maximum atomic E-state index is 10.2. The Bertz CT molecular complexity index is 525. The van der Waals surface area contributed by atoms with Crippen molar-refractivity contribution in [3.05, 3.63) is 23.8 Å². The van der Waals surface area contributed by atoms with E-state index in [-0.39, 0.29) is 13.2 Å². The van der Waals surface area contributed by atoms with Gasteiger partial charge >= 0.3 is 0 Å². The van der Waals surface area contributed by atoms with Gasteiger partial charge in [0.1, 0.15) is 6.61 Å². The number of aliphatic hydroxyl groups excluding tert-OH is 1. The van der Waals surface area contributed by atoms with Crippen molar-refractivity contribution in [2.75, 3.05) is 40.5 Å². The van der Waals surface area contributed by atoms with Gasteiger partial charge in [0.15, 0.2) is 11.5 Å². The first-order chi connectivity index (χ1) is 11.5. The third-order valence-corrected chi connectivity index (χ3v) is 3.47. The van der Waals surface area contributed by atoms with Crippen molar-refractivity contribution in [3.8, 4) is 23.8 Å². The third-order valence-electron chi connectivity index (χ3n) is 3.47. The van der Waals surface area contributed by atoms with Gasteiger partial charge < -0.3 is 19.3 Å². The number of terminal acetylenes is 1. The Morgan fingerprint density at radius 2 is 1.96 bits per heavy atom. The summed E-state index contributed by atoms with van der Waals surface area (Å²) < 4.78 is 16.1. The molecule has 0 radical (unpaired) electrons. The number of methoxy groups -OCH3 is 2. The largest absolute Gasteiger partial charge is 0.493 e. The number of hydrogen-bond acceptors (Lipinski definition) is 5. The topological polar surface area (TPSA) is 51.2 Å². The highest BCUT2D eigenvalue weighted by atomic mass is 16.5. The second kappa shape index (κ2) is 10.9. The van der Waals surface area contributed by atoms with Crippen LogP contribution in [0.25, 0.3) is 0 Å². The molecule has 134 valence electrons. The number of aliphatic hydroxyl groups is 1. The molecule has 1 atom stereocenters. The zero-order valence-corrected chi connectivity index (χ0v) is 15.1. The highest BCUT2D eigenvalue weighted by Gasteiger charge is 2.17. The average molecular weight is 335 g/mol. The number of rotatable bonds is 11. The molecule has 0 unspecified atom stereocenters. The average Bonchev–Trinajstić information content (AvgIpc) is 2.54. The Morgan fingerprint density at radius 3 is 2.54 bits per heavy atom. The zero-order valence-electron chi connectivity index (χ0n) is 15.1. The Morgan fingerprint density at radius 1 is 1.21 bits per heavy atom. The molecular weight excluding hydrogens is 306 g/mol. The molecule has 5 heteroatoms. The van der Waals surface area contributed by atoms with Crippen molar-refractivity contribution in [3.63, 3.8) is 0 Å². The molecule has 0 aliphatic heterocycles. The lowest BCUT2D eigenvalue weighted by atomic mass is 10.1. The highest BCUT2D eigenvalue weighted by Crippen LogP contribution is 2.31. The fourth-order valence-corrected chi connectivity index (χ4v) is 2.64. The van der Waals surface area contributed by atoms with E-state index in [1.165, 1.54) is 0 Å². The molecule has 0 spiro atoms. The fraction of sp³-hybridized carbons (Fsp3) is 0.579. The molecule has 0 saturated heterocycles. The second-order valence-corrected chi connectivity index (χ2v) is 6.11. The van der Waals surface area contributed by atoms with Gasteiger partial charge in [0.05, 0.1) is 26.9 Å². The van der Waals surface area contributed by atoms with Gasteiger partial charge in [-0.25, -0.2) is 0 Å². The Labute approximate surface area is 145 Å². The molecule has 0 aliphatic rings. The standard InChI is InChI=1S/C19H29NO4/c1-6-10-24-14-17(21)13-20(11-15(2)3)12-16-8-7-9-18(22-4)19(16)23-5/h1,7-9,15,17,21H,10-14H2,2-5H3/t17-/m0/s1. The maximum Gasteiger partial charge on any atom is 0.165 e. The van der Waals surface area contributed by atoms with Crippen LogP contribution in [-0.2, 0) is 11.3 Å². The highest BCUT2D eigenvalue weighted by molar-refractivity contribution is 5.46. The van der Waals surface area contributed by atoms with Crippen LogP contribution in [0.4, 0.5) is 0 Å². The van der Waals surface area contributed by atoms with Crippen molar-refractivity contribution in [1.29, 1.82) is 0 Å². The van der Waals surface area contributed by atoms with Crippen molar-refractivity contribution < 1.29 is 19.3 Å². The summed E-state index contributed by atoms with van der Waals surface area (Å²) in [6, 6.07) is 5.82. The summed E-state index contributed by atoms with van der Waals surface area (Å²) in [5.41, 5.74) is 1.02. The number of benzene rings is 1. The lowest BCUT2D eigenvalue weighted by molar-refractivity contribution is 0.0236. The van der Waals surface area contributed by atoms with Gasteiger partial charge in [0.2, 0.25) is 0 Å². The van der Waals surface area contributed by atoms with Crippen LogP contribution in [-0.4, -0.2) is 56.6 Å². The van der Waals surface area contributed by atoms with Crippen molar-refractivity contribution in [2.45, 2.75) is 26.5 Å². The minimum absolute atomic E-state index is 0.213. The van der Waals surface area contributed by atoms with Gasteiger partial charge in [-0.2, -0.15) is 0 Å². The first kappa shape index (κ1) is 20.3. The summed E-state index contributed by atoms with van der Waals surface area (Å²) in [7, 11) is 3.26. The first-order valence-electron chi connectivity index (χ1n) is 8.13. The second-order valence-electron chi connectivity index (χ2n) is 6.11. The van der Waals surface area contributed by atoms with Gasteiger partial charge in [-0.15, -0.1) is 6.42 Å². The lowest BCUT2D eigenvalue weighted by Crippen LogP contribution is -2.37. The quantitative estimate of drug-likeness (QED) is 0.496. The minimum Gasteiger partial charge on any atom is -0.493 e. The fourth-order valence-electron chi connectivity index (χ4n) is 2.64. The summed E-state index contributed by atoms with van der Waals surface area (Å²) in [6.45, 7) is 6.76. The van der Waals surface area contributed by atoms with Crippen molar-refractivity contribution >= 4 is 0 Å². The molecule has 24 heavy (non-hydrogen) atoms. The van der Waals surface area contributed by atoms with E-state index in [0.717, 1.165) is 17.9 Å². The predicted molar refractivity (Wildman–Crippen MR) is 95.3 cm³/mol. The van der Waals surface area contributed by atoms with Crippen LogP contribution in [0.3, 0.4) is 0 Å². The normalized spacial score (nSPS) is 12.2. The van der Waals surface area contributed by atoms with Crippen LogP contribution >= 0.6 is 0 Å². The molecule has 0 fully saturated rings. The van der Waals surface area contributed by atoms with E-state index in [4.69, 9.17) is 20.6 Å². The van der Waals surface area contributed by atoms with Gasteiger partial charge in [-0.1, -0.05) is 31.9 Å². The van der Waals surface area contributed by atoms with Gasteiger partial charge in [-0.3, -0.25) is 4.90 Å².